The Morgan fingerprint density at radius 3 is 2.80 bits per heavy atom. The van der Waals surface area contributed by atoms with Gasteiger partial charge in [-0.05, 0) is 6.07 Å². The molecule has 1 aliphatic rings. The maximum absolute atomic E-state index is 12.4. The monoisotopic (exact) mass is 341 g/mol. The van der Waals surface area contributed by atoms with E-state index in [0.29, 0.717) is 34.8 Å². The highest BCUT2D eigenvalue weighted by Gasteiger charge is 2.18. The Balaban J connectivity index is 1.66. The molecule has 8 nitrogen and oxygen atoms in total. The van der Waals surface area contributed by atoms with Crippen LogP contribution in [0.15, 0.2) is 29.3 Å². The van der Waals surface area contributed by atoms with Crippen molar-refractivity contribution in [3.8, 4) is 11.5 Å². The second-order valence-corrected chi connectivity index (χ2v) is 5.98. The molecule has 4 rings (SSSR count). The Hall–Kier alpha value is -2.87. The van der Waals surface area contributed by atoms with E-state index in [-0.39, 0.29) is 5.56 Å². The lowest BCUT2D eigenvalue weighted by atomic mass is 10.2. The summed E-state index contributed by atoms with van der Waals surface area (Å²) in [6.45, 7) is 3.07. The van der Waals surface area contributed by atoms with Gasteiger partial charge < -0.3 is 19.0 Å². The molecule has 25 heavy (non-hydrogen) atoms. The Bertz CT molecular complexity index is 978. The first kappa shape index (κ1) is 15.6. The van der Waals surface area contributed by atoms with Crippen LogP contribution in [0.4, 0.5) is 0 Å². The molecular formula is C17H19N5O3. The largest absolute Gasteiger partial charge is 0.493 e. The number of imidazole rings is 1. The van der Waals surface area contributed by atoms with E-state index in [1.807, 2.05) is 12.4 Å². The van der Waals surface area contributed by atoms with Crippen LogP contribution in [0.2, 0.25) is 0 Å². The van der Waals surface area contributed by atoms with Gasteiger partial charge in [0.1, 0.15) is 11.6 Å². The average Bonchev–Trinajstić information content (AvgIpc) is 3.08. The number of fused-ring (bicyclic) bond motifs is 2. The van der Waals surface area contributed by atoms with E-state index in [9.17, 15) is 4.79 Å². The number of methoxy groups -OCH3 is 2. The van der Waals surface area contributed by atoms with Gasteiger partial charge in [-0.3, -0.25) is 9.69 Å². The number of H-pyrrole nitrogens is 1. The van der Waals surface area contributed by atoms with Gasteiger partial charge >= 0.3 is 0 Å². The fourth-order valence-corrected chi connectivity index (χ4v) is 3.16. The van der Waals surface area contributed by atoms with Crippen LogP contribution in [0.5, 0.6) is 11.5 Å². The fourth-order valence-electron chi connectivity index (χ4n) is 3.16. The number of hydrogen-bond acceptors (Lipinski definition) is 6. The molecule has 0 unspecified atom stereocenters. The van der Waals surface area contributed by atoms with Crippen LogP contribution in [0, 0.1) is 0 Å². The van der Waals surface area contributed by atoms with Gasteiger partial charge in [-0.1, -0.05) is 0 Å². The Morgan fingerprint density at radius 2 is 2.00 bits per heavy atom. The third-order valence-corrected chi connectivity index (χ3v) is 4.46. The molecule has 1 aliphatic heterocycles. The number of rotatable bonds is 4. The van der Waals surface area contributed by atoms with Gasteiger partial charge in [-0.15, -0.1) is 0 Å². The van der Waals surface area contributed by atoms with Crippen molar-refractivity contribution in [2.24, 2.45) is 0 Å². The average molecular weight is 341 g/mol. The summed E-state index contributed by atoms with van der Waals surface area (Å²) >= 11 is 0. The summed E-state index contributed by atoms with van der Waals surface area (Å²) in [5, 5.41) is 0.482. The summed E-state index contributed by atoms with van der Waals surface area (Å²) in [6, 6.07) is 3.39. The first-order chi connectivity index (χ1) is 12.2. The zero-order valence-corrected chi connectivity index (χ0v) is 14.2. The van der Waals surface area contributed by atoms with Crippen molar-refractivity contribution in [2.45, 2.75) is 19.6 Å². The van der Waals surface area contributed by atoms with Crippen molar-refractivity contribution in [2.75, 3.05) is 20.8 Å². The molecule has 8 heteroatoms. The van der Waals surface area contributed by atoms with Crippen LogP contribution in [-0.4, -0.2) is 45.2 Å². The topological polar surface area (TPSA) is 85.3 Å². The lowest BCUT2D eigenvalue weighted by molar-refractivity contribution is 0.204. The normalized spacial score (nSPS) is 14.5. The van der Waals surface area contributed by atoms with E-state index in [0.717, 1.165) is 25.5 Å². The third kappa shape index (κ3) is 2.85. The van der Waals surface area contributed by atoms with Gasteiger partial charge in [0.2, 0.25) is 0 Å². The number of nitrogens with one attached hydrogen (secondary N) is 1. The van der Waals surface area contributed by atoms with E-state index in [1.54, 1.807) is 26.4 Å². The standard InChI is InChI=1S/C17H19N5O3/c1-24-13-7-11-12(8-14(13)25-2)19-15(20-17(11)23)9-21-5-6-22-4-3-18-16(22)10-21/h3-4,7-8H,5-6,9-10H2,1-2H3,(H,19,20,23). The smallest absolute Gasteiger partial charge is 0.258 e. The molecule has 2 aromatic heterocycles. The number of ether oxygens (including phenoxy) is 2. The summed E-state index contributed by atoms with van der Waals surface area (Å²) in [4.78, 5) is 26.5. The van der Waals surface area contributed by atoms with Crippen LogP contribution in [0.25, 0.3) is 10.9 Å². The van der Waals surface area contributed by atoms with Crippen molar-refractivity contribution < 1.29 is 9.47 Å². The molecule has 0 saturated carbocycles. The first-order valence-corrected chi connectivity index (χ1v) is 8.05. The Morgan fingerprint density at radius 1 is 1.20 bits per heavy atom. The molecular weight excluding hydrogens is 322 g/mol. The van der Waals surface area contributed by atoms with Crippen molar-refractivity contribution in [3.63, 3.8) is 0 Å². The van der Waals surface area contributed by atoms with Crippen LogP contribution in [-0.2, 0) is 19.6 Å². The molecule has 0 saturated heterocycles. The highest BCUT2D eigenvalue weighted by atomic mass is 16.5. The maximum atomic E-state index is 12.4. The minimum Gasteiger partial charge on any atom is -0.493 e. The van der Waals surface area contributed by atoms with Crippen molar-refractivity contribution in [1.29, 1.82) is 0 Å². The molecule has 1 aromatic carbocycles. The quantitative estimate of drug-likeness (QED) is 0.766. The summed E-state index contributed by atoms with van der Waals surface area (Å²) in [6.07, 6.45) is 3.80. The molecule has 0 bridgehead atoms. The predicted octanol–water partition coefficient (Wildman–Crippen LogP) is 1.15. The summed E-state index contributed by atoms with van der Waals surface area (Å²) in [5.41, 5.74) is 0.411. The third-order valence-electron chi connectivity index (χ3n) is 4.46. The van der Waals surface area contributed by atoms with Gasteiger partial charge in [0.15, 0.2) is 11.5 Å². The second-order valence-electron chi connectivity index (χ2n) is 5.98. The summed E-state index contributed by atoms with van der Waals surface area (Å²) < 4.78 is 12.7. The zero-order valence-electron chi connectivity index (χ0n) is 14.2. The number of aromatic nitrogens is 4. The number of nitrogens with zero attached hydrogens (tertiary/aromatic N) is 4. The zero-order chi connectivity index (χ0) is 17.4. The highest BCUT2D eigenvalue weighted by Crippen LogP contribution is 2.30. The summed E-state index contributed by atoms with van der Waals surface area (Å²) in [7, 11) is 3.10. The fraction of sp³-hybridized carbons (Fsp3) is 0.353. The van der Waals surface area contributed by atoms with E-state index < -0.39 is 0 Å². The molecule has 130 valence electrons. The van der Waals surface area contributed by atoms with Crippen LogP contribution in [0.3, 0.4) is 0 Å². The minimum atomic E-state index is -0.181. The van der Waals surface area contributed by atoms with E-state index in [1.165, 1.54) is 0 Å². The molecule has 3 heterocycles. The maximum Gasteiger partial charge on any atom is 0.258 e. The van der Waals surface area contributed by atoms with Gasteiger partial charge in [0.05, 0.1) is 38.2 Å². The van der Waals surface area contributed by atoms with Gasteiger partial charge in [-0.2, -0.15) is 0 Å². The minimum absolute atomic E-state index is 0.181. The van der Waals surface area contributed by atoms with Crippen LogP contribution >= 0.6 is 0 Å². The van der Waals surface area contributed by atoms with Gasteiger partial charge in [0.25, 0.3) is 5.56 Å². The number of hydrogen-bond donors (Lipinski definition) is 1. The first-order valence-electron chi connectivity index (χ1n) is 8.05. The van der Waals surface area contributed by atoms with Crippen molar-refractivity contribution >= 4 is 10.9 Å². The molecule has 0 aliphatic carbocycles. The SMILES string of the molecule is COc1cc2nc(CN3CCn4ccnc4C3)[nH]c(=O)c2cc1OC. The van der Waals surface area contributed by atoms with Crippen LogP contribution < -0.4 is 15.0 Å². The summed E-state index contributed by atoms with van der Waals surface area (Å²) in [5.74, 6) is 2.72. The van der Waals surface area contributed by atoms with E-state index >= 15 is 0 Å². The highest BCUT2D eigenvalue weighted by molar-refractivity contribution is 5.81. The van der Waals surface area contributed by atoms with Crippen LogP contribution in [0.1, 0.15) is 11.6 Å². The van der Waals surface area contributed by atoms with E-state index in [4.69, 9.17) is 9.47 Å². The Labute approximate surface area is 144 Å². The molecule has 3 aromatic rings. The van der Waals surface area contributed by atoms with Gasteiger partial charge in [-0.25, -0.2) is 9.97 Å². The van der Waals surface area contributed by atoms with E-state index in [2.05, 4.69) is 24.4 Å². The Kier molecular flexibility index (Phi) is 3.89. The van der Waals surface area contributed by atoms with Crippen molar-refractivity contribution in [1.82, 2.24) is 24.4 Å². The van der Waals surface area contributed by atoms with Crippen molar-refractivity contribution in [3.05, 3.63) is 46.5 Å². The number of aromatic amines is 1. The number of benzene rings is 1. The molecule has 0 atom stereocenters. The molecule has 0 radical (unpaired) electrons. The second kappa shape index (κ2) is 6.21. The molecule has 0 amide bonds. The predicted molar refractivity (Wildman–Crippen MR) is 91.8 cm³/mol. The lowest BCUT2D eigenvalue weighted by Gasteiger charge is -2.26. The molecule has 1 N–H and O–H groups in total. The molecule has 0 spiro atoms. The van der Waals surface area contributed by atoms with Gasteiger partial charge in [0, 0.05) is 31.5 Å². The molecule has 0 fully saturated rings. The lowest BCUT2D eigenvalue weighted by Crippen LogP contribution is -2.34.